The van der Waals surface area contributed by atoms with Crippen LogP contribution < -0.4 is 32.3 Å². The van der Waals surface area contributed by atoms with Crippen molar-refractivity contribution in [3.05, 3.63) is 99.1 Å². The lowest BCUT2D eigenvalue weighted by atomic mass is 9.99. The molecule has 5 aliphatic rings. The second-order valence-electron chi connectivity index (χ2n) is 15.0. The number of hydrogen-bond donors (Lipinski definition) is 2. The molecule has 3 aromatic rings. The predicted octanol–water partition coefficient (Wildman–Crippen LogP) is 2.31. The number of piperazine rings is 1. The number of amidine groups is 1. The number of anilines is 1. The molecule has 2 aromatic heterocycles. The molecule has 8 rings (SSSR count). The summed E-state index contributed by atoms with van der Waals surface area (Å²) in [6, 6.07) is 12.3. The zero-order chi connectivity index (χ0) is 38.1. The number of imidazole rings is 1. The van der Waals surface area contributed by atoms with Gasteiger partial charge >= 0.3 is 5.69 Å². The standard InChI is InChI=1S/C41H49FN10O3/c1-47-39-28(8-3-13-33(39)52(41(47)55)34-17-18-38(53)45-40(34)54)10-5-19-48-22-24-49(25-23-48)36-15-4-12-31(44-36)35(27-43)51-21-7-16-37(46-51)50-20-6-14-32(50)29-9-2-11-30(42)26-29/h2,4,7,9,11-13,15-16,26-27,32,34H,3,5-6,8,10,14,17-25,43H2,1H3,(H,45,53,54)/b35-27-. The Morgan fingerprint density at radius 1 is 1.02 bits per heavy atom. The molecule has 1 aliphatic carbocycles. The minimum Gasteiger partial charge on any atom is -0.403 e. The van der Waals surface area contributed by atoms with Crippen LogP contribution in [-0.2, 0) is 16.6 Å². The molecule has 6 heterocycles. The topological polar surface area (TPSA) is 137 Å². The number of rotatable bonds is 9. The van der Waals surface area contributed by atoms with Crippen LogP contribution in [0.15, 0.2) is 70.7 Å². The quantitative estimate of drug-likeness (QED) is 0.316. The van der Waals surface area contributed by atoms with Gasteiger partial charge in [-0.25, -0.2) is 14.2 Å². The van der Waals surface area contributed by atoms with Crippen molar-refractivity contribution in [3.8, 4) is 0 Å². The minimum atomic E-state index is -0.661. The van der Waals surface area contributed by atoms with Crippen molar-refractivity contribution in [2.24, 2.45) is 17.9 Å². The van der Waals surface area contributed by atoms with E-state index in [4.69, 9.17) is 15.8 Å². The number of aromatic nitrogens is 3. The Balaban J connectivity index is 0.891. The van der Waals surface area contributed by atoms with Gasteiger partial charge in [0, 0.05) is 52.4 Å². The van der Waals surface area contributed by atoms with Crippen LogP contribution in [-0.4, -0.2) is 92.4 Å². The summed E-state index contributed by atoms with van der Waals surface area (Å²) in [5.41, 5.74) is 9.73. The average Bonchev–Trinajstić information content (AvgIpc) is 3.79. The lowest BCUT2D eigenvalue weighted by molar-refractivity contribution is -0.135. The maximum Gasteiger partial charge on any atom is 0.329 e. The van der Waals surface area contributed by atoms with Crippen molar-refractivity contribution in [1.82, 2.24) is 34.2 Å². The molecule has 0 spiro atoms. The Morgan fingerprint density at radius 2 is 1.85 bits per heavy atom. The highest BCUT2D eigenvalue weighted by molar-refractivity contribution is 5.99. The number of carbonyl (C=O) groups excluding carboxylic acids is 2. The molecule has 0 saturated carbocycles. The number of hydrazone groups is 1. The van der Waals surface area contributed by atoms with Crippen LogP contribution in [0.2, 0.25) is 0 Å². The van der Waals surface area contributed by atoms with Crippen molar-refractivity contribution < 1.29 is 14.0 Å². The lowest BCUT2D eigenvalue weighted by Gasteiger charge is -2.36. The van der Waals surface area contributed by atoms with E-state index in [0.29, 0.717) is 13.0 Å². The molecule has 288 valence electrons. The van der Waals surface area contributed by atoms with E-state index in [9.17, 15) is 18.8 Å². The summed E-state index contributed by atoms with van der Waals surface area (Å²) in [6.07, 6.45) is 13.8. The molecule has 0 radical (unpaired) electrons. The number of nitrogens with two attached hydrogens (primary N) is 1. The van der Waals surface area contributed by atoms with Gasteiger partial charge in [-0.05, 0) is 93.0 Å². The number of amides is 2. The first kappa shape index (κ1) is 36.5. The first-order valence-corrected chi connectivity index (χ1v) is 19.5. The van der Waals surface area contributed by atoms with Crippen LogP contribution in [0.4, 0.5) is 10.2 Å². The largest absolute Gasteiger partial charge is 0.403 e. The predicted molar refractivity (Wildman–Crippen MR) is 210 cm³/mol. The van der Waals surface area contributed by atoms with E-state index in [1.54, 1.807) is 34.5 Å². The number of benzene rings is 1. The summed E-state index contributed by atoms with van der Waals surface area (Å²) in [5, 5.41) is 11.0. The van der Waals surface area contributed by atoms with E-state index in [1.165, 1.54) is 11.6 Å². The fraction of sp³-hybridized carbons (Fsp3) is 0.439. The number of imide groups is 1. The Morgan fingerprint density at radius 3 is 2.65 bits per heavy atom. The van der Waals surface area contributed by atoms with E-state index < -0.39 is 11.9 Å². The molecule has 0 bridgehead atoms. The Kier molecular flexibility index (Phi) is 10.4. The summed E-state index contributed by atoms with van der Waals surface area (Å²) in [7, 11) is 1.78. The highest BCUT2D eigenvalue weighted by Crippen LogP contribution is 2.34. The number of hydrogen-bond acceptors (Lipinski definition) is 10. The molecule has 14 heteroatoms. The molecule has 1 aromatic carbocycles. The van der Waals surface area contributed by atoms with Gasteiger partial charge < -0.3 is 15.5 Å². The van der Waals surface area contributed by atoms with Gasteiger partial charge in [0.25, 0.3) is 0 Å². The van der Waals surface area contributed by atoms with Crippen LogP contribution in [0.25, 0.3) is 17.3 Å². The number of piperidine rings is 1. The van der Waals surface area contributed by atoms with Crippen LogP contribution in [0.1, 0.15) is 74.7 Å². The average molecular weight is 749 g/mol. The monoisotopic (exact) mass is 748 g/mol. The molecule has 13 nitrogen and oxygen atoms in total. The SMILES string of the molecule is Cn1c2c(n(C3CCC(=O)NC3=O)c1=O)=CCCC=2CCCN1CCN(c2cccc(/C(=C/N)N3CC=CC(N4CCCC4c4cccc(F)c4)=N3)n2)CC1. The maximum absolute atomic E-state index is 14.1. The van der Waals surface area contributed by atoms with Crippen molar-refractivity contribution in [1.29, 1.82) is 0 Å². The summed E-state index contributed by atoms with van der Waals surface area (Å²) in [5.74, 6) is 0.826. The number of halogens is 1. The van der Waals surface area contributed by atoms with Gasteiger partial charge in [-0.15, -0.1) is 0 Å². The van der Waals surface area contributed by atoms with Gasteiger partial charge in [-0.2, -0.15) is 5.10 Å². The van der Waals surface area contributed by atoms with Crippen molar-refractivity contribution in [2.45, 2.75) is 63.5 Å². The highest BCUT2D eigenvalue weighted by Gasteiger charge is 2.32. The normalized spacial score (nSPS) is 22.1. The summed E-state index contributed by atoms with van der Waals surface area (Å²) < 4.78 is 17.4. The van der Waals surface area contributed by atoms with Crippen molar-refractivity contribution >= 4 is 40.8 Å². The molecule has 3 saturated heterocycles. The number of fused-ring (bicyclic) bond motifs is 1. The number of nitrogens with zero attached hydrogens (tertiary/aromatic N) is 8. The second kappa shape index (κ2) is 15.7. The minimum absolute atomic E-state index is 0.0666. The molecular weight excluding hydrogens is 700 g/mol. The van der Waals surface area contributed by atoms with Crippen LogP contribution in [0.5, 0.6) is 0 Å². The molecule has 55 heavy (non-hydrogen) atoms. The van der Waals surface area contributed by atoms with Crippen LogP contribution in [0.3, 0.4) is 0 Å². The summed E-state index contributed by atoms with van der Waals surface area (Å²) in [4.78, 5) is 49.9. The number of carbonyl (C=O) groups is 2. The van der Waals surface area contributed by atoms with E-state index in [-0.39, 0.29) is 29.9 Å². The number of nitrogens with one attached hydrogen (secondary N) is 1. The van der Waals surface area contributed by atoms with Gasteiger partial charge in [0.15, 0.2) is 0 Å². The third-order valence-electron chi connectivity index (χ3n) is 11.6. The third kappa shape index (κ3) is 7.34. The van der Waals surface area contributed by atoms with Crippen molar-refractivity contribution in [2.75, 3.05) is 50.7 Å². The maximum atomic E-state index is 14.1. The Hall–Kier alpha value is -5.50. The van der Waals surface area contributed by atoms with Gasteiger partial charge in [-0.1, -0.05) is 30.4 Å². The fourth-order valence-electron chi connectivity index (χ4n) is 8.86. The lowest BCUT2D eigenvalue weighted by Crippen LogP contribution is -2.48. The van der Waals surface area contributed by atoms with E-state index in [2.05, 4.69) is 32.2 Å². The molecule has 3 fully saturated rings. The van der Waals surface area contributed by atoms with Gasteiger partial charge in [-0.3, -0.25) is 33.9 Å². The van der Waals surface area contributed by atoms with E-state index >= 15 is 0 Å². The smallest absolute Gasteiger partial charge is 0.329 e. The molecule has 2 amide bonds. The van der Waals surface area contributed by atoms with E-state index in [1.807, 2.05) is 35.4 Å². The fourth-order valence-corrected chi connectivity index (χ4v) is 8.86. The summed E-state index contributed by atoms with van der Waals surface area (Å²) in [6.45, 7) is 5.89. The Labute approximate surface area is 319 Å². The third-order valence-corrected chi connectivity index (χ3v) is 11.6. The first-order valence-electron chi connectivity index (χ1n) is 19.5. The molecular formula is C41H49FN10O3. The molecule has 4 aliphatic heterocycles. The summed E-state index contributed by atoms with van der Waals surface area (Å²) >= 11 is 0. The first-order chi connectivity index (χ1) is 26.8. The zero-order valence-electron chi connectivity index (χ0n) is 31.4. The number of pyridine rings is 1. The second-order valence-corrected chi connectivity index (χ2v) is 15.0. The molecule has 3 N–H and O–H groups in total. The zero-order valence-corrected chi connectivity index (χ0v) is 31.4. The van der Waals surface area contributed by atoms with Crippen LogP contribution >= 0.6 is 0 Å². The molecule has 2 atom stereocenters. The Bertz CT molecular complexity index is 2250. The van der Waals surface area contributed by atoms with Gasteiger partial charge in [0.1, 0.15) is 29.2 Å². The number of likely N-dealkylation sites (tertiary alicyclic amines) is 1. The van der Waals surface area contributed by atoms with Crippen molar-refractivity contribution in [3.63, 3.8) is 0 Å². The highest BCUT2D eigenvalue weighted by atomic mass is 19.1. The van der Waals surface area contributed by atoms with E-state index in [0.717, 1.165) is 117 Å². The molecule has 2 unspecified atom stereocenters. The van der Waals surface area contributed by atoms with Gasteiger partial charge in [0.05, 0.1) is 29.0 Å². The van der Waals surface area contributed by atoms with Gasteiger partial charge in [0.2, 0.25) is 11.8 Å². The van der Waals surface area contributed by atoms with Crippen LogP contribution in [0, 0.1) is 5.82 Å².